The van der Waals surface area contributed by atoms with Gasteiger partial charge in [0.05, 0.1) is 25.7 Å². The molecule has 0 amide bonds. The molecular weight excluding hydrogens is 234 g/mol. The largest absolute Gasteiger partial charge is 0.394 e. The van der Waals surface area contributed by atoms with Crippen molar-refractivity contribution in [2.45, 2.75) is 11.4 Å². The predicted octanol–water partition coefficient (Wildman–Crippen LogP) is -0.913. The van der Waals surface area contributed by atoms with Crippen LogP contribution in [0.1, 0.15) is 6.42 Å². The number of hydrogen-bond donors (Lipinski definition) is 3. The first kappa shape index (κ1) is 13.1. The Hall–Kier alpha value is -0.960. The van der Waals surface area contributed by atoms with Gasteiger partial charge in [-0.05, 0) is 6.42 Å². The van der Waals surface area contributed by atoms with Crippen molar-refractivity contribution in [3.05, 3.63) is 12.5 Å². The summed E-state index contributed by atoms with van der Waals surface area (Å²) in [6, 6.07) is 0. The smallest absolute Gasteiger partial charge is 0.257 e. The zero-order chi connectivity index (χ0) is 11.9. The number of imidazole rings is 1. The maximum Gasteiger partial charge on any atom is 0.257 e. The Kier molecular flexibility index (Phi) is 5.39. The van der Waals surface area contributed by atoms with Gasteiger partial charge in [0.25, 0.3) is 10.0 Å². The number of aliphatic hydroxyl groups excluding tert-OH is 1. The minimum Gasteiger partial charge on any atom is -0.394 e. The lowest BCUT2D eigenvalue weighted by atomic mass is 10.5. The molecule has 0 aliphatic heterocycles. The average Bonchev–Trinajstić information content (AvgIpc) is 2.77. The summed E-state index contributed by atoms with van der Waals surface area (Å²) in [5, 5.41) is 8.47. The van der Waals surface area contributed by atoms with Gasteiger partial charge >= 0.3 is 0 Å². The van der Waals surface area contributed by atoms with Gasteiger partial charge in [-0.15, -0.1) is 0 Å². The highest BCUT2D eigenvalue weighted by molar-refractivity contribution is 7.89. The van der Waals surface area contributed by atoms with Gasteiger partial charge in [-0.3, -0.25) is 0 Å². The van der Waals surface area contributed by atoms with E-state index < -0.39 is 10.0 Å². The number of rotatable bonds is 8. The molecular formula is C8H15N3O4S. The van der Waals surface area contributed by atoms with Crippen LogP contribution in [0.25, 0.3) is 0 Å². The van der Waals surface area contributed by atoms with E-state index in [1.54, 1.807) is 0 Å². The van der Waals surface area contributed by atoms with Gasteiger partial charge in [-0.1, -0.05) is 0 Å². The van der Waals surface area contributed by atoms with Crippen LogP contribution in [-0.2, 0) is 14.8 Å². The van der Waals surface area contributed by atoms with Crippen molar-refractivity contribution < 1.29 is 18.3 Å². The van der Waals surface area contributed by atoms with E-state index in [0.717, 1.165) is 0 Å². The zero-order valence-corrected chi connectivity index (χ0v) is 9.53. The van der Waals surface area contributed by atoms with Gasteiger partial charge in [0, 0.05) is 13.2 Å². The second kappa shape index (κ2) is 6.59. The van der Waals surface area contributed by atoms with Crippen LogP contribution in [0.3, 0.4) is 0 Å². The van der Waals surface area contributed by atoms with Crippen molar-refractivity contribution in [1.82, 2.24) is 14.7 Å². The number of sulfonamides is 1. The normalized spacial score (nSPS) is 11.8. The number of H-pyrrole nitrogens is 1. The lowest BCUT2D eigenvalue weighted by Crippen LogP contribution is -2.26. The molecule has 0 fully saturated rings. The highest BCUT2D eigenvalue weighted by Gasteiger charge is 2.13. The first-order chi connectivity index (χ1) is 7.67. The van der Waals surface area contributed by atoms with E-state index in [2.05, 4.69) is 14.7 Å². The molecule has 0 radical (unpaired) electrons. The molecule has 0 atom stereocenters. The standard InChI is InChI=1S/C8H15N3O4S/c12-3-5-15-4-1-2-11-16(13,14)8-6-9-7-10-8/h6-7,11-12H,1-5H2,(H,9,10). The van der Waals surface area contributed by atoms with Crippen molar-refractivity contribution in [1.29, 1.82) is 0 Å². The minimum absolute atomic E-state index is 0.0279. The lowest BCUT2D eigenvalue weighted by Gasteiger charge is -2.04. The molecule has 0 saturated carbocycles. The van der Waals surface area contributed by atoms with Crippen LogP contribution in [0, 0.1) is 0 Å². The zero-order valence-electron chi connectivity index (χ0n) is 8.72. The first-order valence-electron chi connectivity index (χ1n) is 4.83. The van der Waals surface area contributed by atoms with E-state index in [1.165, 1.54) is 12.5 Å². The fourth-order valence-corrected chi connectivity index (χ4v) is 1.99. The van der Waals surface area contributed by atoms with Gasteiger partial charge in [-0.2, -0.15) is 0 Å². The molecule has 1 rings (SSSR count). The van der Waals surface area contributed by atoms with Gasteiger partial charge in [0.1, 0.15) is 0 Å². The molecule has 3 N–H and O–H groups in total. The lowest BCUT2D eigenvalue weighted by molar-refractivity contribution is 0.0913. The fourth-order valence-electron chi connectivity index (χ4n) is 1.02. The van der Waals surface area contributed by atoms with Crippen LogP contribution in [-0.4, -0.2) is 49.9 Å². The third-order valence-electron chi connectivity index (χ3n) is 1.76. The first-order valence-corrected chi connectivity index (χ1v) is 6.32. The Morgan fingerprint density at radius 1 is 1.50 bits per heavy atom. The molecule has 1 aromatic rings. The van der Waals surface area contributed by atoms with Crippen molar-refractivity contribution in [3.8, 4) is 0 Å². The van der Waals surface area contributed by atoms with Crippen LogP contribution in [0.2, 0.25) is 0 Å². The highest BCUT2D eigenvalue weighted by atomic mass is 32.2. The summed E-state index contributed by atoms with van der Waals surface area (Å²) < 4.78 is 30.4. The number of nitrogens with zero attached hydrogens (tertiary/aromatic N) is 1. The van der Waals surface area contributed by atoms with Gasteiger partial charge in [0.15, 0.2) is 5.03 Å². The van der Waals surface area contributed by atoms with Gasteiger partial charge in [0.2, 0.25) is 0 Å². The maximum absolute atomic E-state index is 11.5. The van der Waals surface area contributed by atoms with Gasteiger partial charge in [-0.25, -0.2) is 18.1 Å². The Labute approximate surface area is 93.9 Å². The number of aliphatic hydroxyl groups is 1. The molecule has 0 spiro atoms. The summed E-state index contributed by atoms with van der Waals surface area (Å²) in [4.78, 5) is 6.14. The molecule has 0 aliphatic rings. The third kappa shape index (κ3) is 4.27. The third-order valence-corrected chi connectivity index (χ3v) is 3.14. The summed E-state index contributed by atoms with van der Waals surface area (Å²) in [5.74, 6) is 0. The molecule has 1 heterocycles. The fraction of sp³-hybridized carbons (Fsp3) is 0.625. The summed E-state index contributed by atoms with van der Waals surface area (Å²) in [5.41, 5.74) is 0. The van der Waals surface area contributed by atoms with Crippen LogP contribution in [0.15, 0.2) is 17.6 Å². The molecule has 1 aromatic heterocycles. The second-order valence-corrected chi connectivity index (χ2v) is 4.74. The van der Waals surface area contributed by atoms with Gasteiger partial charge < -0.3 is 14.8 Å². The van der Waals surface area contributed by atoms with Crippen LogP contribution in [0.5, 0.6) is 0 Å². The van der Waals surface area contributed by atoms with Crippen LogP contribution in [0.4, 0.5) is 0 Å². The van der Waals surface area contributed by atoms with E-state index >= 15 is 0 Å². The van der Waals surface area contributed by atoms with Crippen molar-refractivity contribution in [2.24, 2.45) is 0 Å². The molecule has 0 saturated heterocycles. The number of ether oxygens (including phenoxy) is 1. The van der Waals surface area contributed by atoms with E-state index in [1.807, 2.05) is 0 Å². The minimum atomic E-state index is -3.48. The molecule has 0 unspecified atom stereocenters. The van der Waals surface area contributed by atoms with E-state index in [-0.39, 0.29) is 24.8 Å². The van der Waals surface area contributed by atoms with Crippen molar-refractivity contribution in [2.75, 3.05) is 26.4 Å². The molecule has 0 aromatic carbocycles. The molecule has 0 bridgehead atoms. The number of hydrogen-bond acceptors (Lipinski definition) is 5. The Balaban J connectivity index is 2.22. The quantitative estimate of drug-likeness (QED) is 0.517. The number of aromatic amines is 1. The van der Waals surface area contributed by atoms with E-state index in [0.29, 0.717) is 13.0 Å². The Morgan fingerprint density at radius 2 is 2.31 bits per heavy atom. The summed E-state index contributed by atoms with van der Waals surface area (Å²) in [6.07, 6.45) is 3.09. The number of aromatic nitrogens is 2. The molecule has 92 valence electrons. The summed E-state index contributed by atoms with van der Waals surface area (Å²) in [7, 11) is -3.48. The van der Waals surface area contributed by atoms with Crippen molar-refractivity contribution in [3.63, 3.8) is 0 Å². The Bertz CT molecular complexity index is 376. The molecule has 8 heteroatoms. The predicted molar refractivity (Wildman–Crippen MR) is 56.3 cm³/mol. The average molecular weight is 249 g/mol. The summed E-state index contributed by atoms with van der Waals surface area (Å²) in [6.45, 7) is 0.937. The van der Waals surface area contributed by atoms with Crippen molar-refractivity contribution >= 4 is 10.0 Å². The second-order valence-electron chi connectivity index (χ2n) is 3.00. The highest BCUT2D eigenvalue weighted by Crippen LogP contribution is 2.01. The maximum atomic E-state index is 11.5. The summed E-state index contributed by atoms with van der Waals surface area (Å²) >= 11 is 0. The monoisotopic (exact) mass is 249 g/mol. The van der Waals surface area contributed by atoms with E-state index in [4.69, 9.17) is 9.84 Å². The Morgan fingerprint density at radius 3 is 2.94 bits per heavy atom. The molecule has 0 aliphatic carbocycles. The molecule has 16 heavy (non-hydrogen) atoms. The van der Waals surface area contributed by atoms with E-state index in [9.17, 15) is 8.42 Å². The number of nitrogens with one attached hydrogen (secondary N) is 2. The SMILES string of the molecule is O=S(=O)(NCCCOCCO)c1cnc[nH]1. The molecule has 7 nitrogen and oxygen atoms in total. The van der Waals surface area contributed by atoms with Crippen LogP contribution < -0.4 is 4.72 Å². The van der Waals surface area contributed by atoms with Crippen LogP contribution >= 0.6 is 0 Å². The topological polar surface area (TPSA) is 104 Å².